The highest BCUT2D eigenvalue weighted by atomic mass is 32.2. The number of hydrogen-bond donors (Lipinski definition) is 2. The molecule has 0 radical (unpaired) electrons. The summed E-state index contributed by atoms with van der Waals surface area (Å²) in [7, 11) is -3.37. The van der Waals surface area contributed by atoms with E-state index in [9.17, 15) is 13.5 Å². The third-order valence-corrected chi connectivity index (χ3v) is 7.53. The van der Waals surface area contributed by atoms with Crippen LogP contribution in [0.2, 0.25) is 0 Å². The van der Waals surface area contributed by atoms with E-state index in [0.717, 1.165) is 12.8 Å². The normalized spacial score (nSPS) is 26.7. The highest BCUT2D eigenvalue weighted by molar-refractivity contribution is 7.93. The molecule has 1 aliphatic rings. The van der Waals surface area contributed by atoms with Crippen molar-refractivity contribution in [2.75, 3.05) is 12.3 Å². The summed E-state index contributed by atoms with van der Waals surface area (Å²) >= 11 is 1.20. The van der Waals surface area contributed by atoms with Crippen LogP contribution >= 0.6 is 11.3 Å². The standard InChI is InChI=1S/C16H27NO3S2/c1-12-7-13(9-16(2,3)8-12)17-10-14(18)11-22(19,20)15-5-4-6-21-15/h4-6,12-14,17-18H,7-11H2,1-3H3. The maximum Gasteiger partial charge on any atom is 0.190 e. The molecule has 0 amide bonds. The third-order valence-electron chi connectivity index (χ3n) is 4.24. The van der Waals surface area contributed by atoms with Gasteiger partial charge in [-0.1, -0.05) is 26.8 Å². The Balaban J connectivity index is 1.84. The van der Waals surface area contributed by atoms with E-state index in [4.69, 9.17) is 0 Å². The van der Waals surface area contributed by atoms with Gasteiger partial charge in [0.1, 0.15) is 4.21 Å². The summed E-state index contributed by atoms with van der Waals surface area (Å²) in [5.41, 5.74) is 0.309. The predicted molar refractivity (Wildman–Crippen MR) is 91.0 cm³/mol. The fourth-order valence-corrected chi connectivity index (χ4v) is 6.12. The molecule has 0 aromatic carbocycles. The zero-order valence-corrected chi connectivity index (χ0v) is 15.2. The van der Waals surface area contributed by atoms with Gasteiger partial charge >= 0.3 is 0 Å². The molecule has 1 fully saturated rings. The van der Waals surface area contributed by atoms with Crippen LogP contribution < -0.4 is 5.32 Å². The lowest BCUT2D eigenvalue weighted by Gasteiger charge is -2.39. The van der Waals surface area contributed by atoms with Crippen LogP contribution in [0.1, 0.15) is 40.0 Å². The Morgan fingerprint density at radius 3 is 2.77 bits per heavy atom. The average molecular weight is 346 g/mol. The van der Waals surface area contributed by atoms with Crippen molar-refractivity contribution in [3.05, 3.63) is 17.5 Å². The number of hydrogen-bond acceptors (Lipinski definition) is 5. The second-order valence-electron chi connectivity index (χ2n) is 7.39. The van der Waals surface area contributed by atoms with Crippen LogP contribution in [-0.4, -0.2) is 38.0 Å². The summed E-state index contributed by atoms with van der Waals surface area (Å²) < 4.78 is 24.6. The van der Waals surface area contributed by atoms with Crippen LogP contribution in [0.4, 0.5) is 0 Å². The number of thiophene rings is 1. The molecule has 2 rings (SSSR count). The molecule has 6 heteroatoms. The summed E-state index contributed by atoms with van der Waals surface area (Å²) in [6.07, 6.45) is 2.52. The van der Waals surface area contributed by atoms with Crippen LogP contribution in [0.15, 0.2) is 21.7 Å². The van der Waals surface area contributed by atoms with Crippen molar-refractivity contribution in [1.82, 2.24) is 5.32 Å². The summed E-state index contributed by atoms with van der Waals surface area (Å²) in [5, 5.41) is 15.2. The van der Waals surface area contributed by atoms with Crippen molar-refractivity contribution in [1.29, 1.82) is 0 Å². The molecular weight excluding hydrogens is 318 g/mol. The summed E-state index contributed by atoms with van der Waals surface area (Å²) in [4.78, 5) is 0. The van der Waals surface area contributed by atoms with Crippen LogP contribution in [0.5, 0.6) is 0 Å². The SMILES string of the molecule is CC1CC(NCC(O)CS(=O)(=O)c2cccs2)CC(C)(C)C1. The van der Waals surface area contributed by atoms with E-state index in [0.29, 0.717) is 28.1 Å². The van der Waals surface area contributed by atoms with E-state index in [2.05, 4.69) is 26.1 Å². The molecule has 1 aliphatic carbocycles. The summed E-state index contributed by atoms with van der Waals surface area (Å²) in [6, 6.07) is 3.66. The number of rotatable bonds is 6. The number of sulfone groups is 1. The van der Waals surface area contributed by atoms with E-state index in [1.165, 1.54) is 17.8 Å². The van der Waals surface area contributed by atoms with Crippen molar-refractivity contribution in [3.63, 3.8) is 0 Å². The second kappa shape index (κ2) is 6.99. The highest BCUT2D eigenvalue weighted by Gasteiger charge is 2.32. The van der Waals surface area contributed by atoms with Gasteiger partial charge in [0.2, 0.25) is 0 Å². The zero-order valence-electron chi connectivity index (χ0n) is 13.6. The average Bonchev–Trinajstić information content (AvgIpc) is 2.88. The number of nitrogens with one attached hydrogen (secondary N) is 1. The van der Waals surface area contributed by atoms with Gasteiger partial charge in [0.15, 0.2) is 9.84 Å². The van der Waals surface area contributed by atoms with Crippen molar-refractivity contribution in [2.24, 2.45) is 11.3 Å². The Labute approximate surface area is 137 Å². The van der Waals surface area contributed by atoms with Gasteiger partial charge in [0, 0.05) is 12.6 Å². The predicted octanol–water partition coefficient (Wildman–Crippen LogP) is 2.69. The lowest BCUT2D eigenvalue weighted by molar-refractivity contribution is 0.132. The Hall–Kier alpha value is -0.430. The molecule has 1 heterocycles. The maximum atomic E-state index is 12.1. The van der Waals surface area contributed by atoms with Gasteiger partial charge in [-0.3, -0.25) is 0 Å². The van der Waals surface area contributed by atoms with Gasteiger partial charge in [-0.15, -0.1) is 11.3 Å². The van der Waals surface area contributed by atoms with Gasteiger partial charge in [-0.2, -0.15) is 0 Å². The molecular formula is C16H27NO3S2. The number of aliphatic hydroxyl groups excluding tert-OH is 1. The Kier molecular flexibility index (Phi) is 5.69. The first kappa shape index (κ1) is 17.9. The molecule has 126 valence electrons. The molecule has 0 bridgehead atoms. The topological polar surface area (TPSA) is 66.4 Å². The van der Waals surface area contributed by atoms with E-state index in [1.807, 2.05) is 0 Å². The van der Waals surface area contributed by atoms with Gasteiger partial charge in [-0.05, 0) is 42.0 Å². The molecule has 1 aromatic rings. The van der Waals surface area contributed by atoms with Gasteiger partial charge in [0.25, 0.3) is 0 Å². The first-order chi connectivity index (χ1) is 10.2. The maximum absolute atomic E-state index is 12.1. The molecule has 3 atom stereocenters. The first-order valence-electron chi connectivity index (χ1n) is 7.86. The van der Waals surface area contributed by atoms with Crippen LogP contribution in [0, 0.1) is 11.3 Å². The van der Waals surface area contributed by atoms with E-state index < -0.39 is 15.9 Å². The Morgan fingerprint density at radius 1 is 1.45 bits per heavy atom. The van der Waals surface area contributed by atoms with Crippen molar-refractivity contribution < 1.29 is 13.5 Å². The van der Waals surface area contributed by atoms with Crippen molar-refractivity contribution in [3.8, 4) is 0 Å². The van der Waals surface area contributed by atoms with E-state index in [1.54, 1.807) is 17.5 Å². The van der Waals surface area contributed by atoms with Crippen molar-refractivity contribution in [2.45, 2.75) is 56.4 Å². The van der Waals surface area contributed by atoms with Gasteiger partial charge in [0.05, 0.1) is 11.9 Å². The molecule has 4 nitrogen and oxygen atoms in total. The van der Waals surface area contributed by atoms with Crippen molar-refractivity contribution >= 4 is 21.2 Å². The largest absolute Gasteiger partial charge is 0.391 e. The first-order valence-corrected chi connectivity index (χ1v) is 10.4. The van der Waals surface area contributed by atoms with E-state index in [-0.39, 0.29) is 5.75 Å². The minimum absolute atomic E-state index is 0.216. The highest BCUT2D eigenvalue weighted by Crippen LogP contribution is 2.38. The molecule has 1 saturated carbocycles. The molecule has 2 N–H and O–H groups in total. The fraction of sp³-hybridized carbons (Fsp3) is 0.750. The smallest absolute Gasteiger partial charge is 0.190 e. The fourth-order valence-electron chi connectivity index (χ4n) is 3.64. The Morgan fingerprint density at radius 2 is 2.18 bits per heavy atom. The van der Waals surface area contributed by atoms with Crippen LogP contribution in [0.3, 0.4) is 0 Å². The zero-order chi connectivity index (χ0) is 16.4. The van der Waals surface area contributed by atoms with Gasteiger partial charge < -0.3 is 10.4 Å². The summed E-state index contributed by atoms with van der Waals surface area (Å²) in [5.74, 6) is 0.444. The minimum atomic E-state index is -3.37. The molecule has 0 spiro atoms. The molecule has 22 heavy (non-hydrogen) atoms. The number of aliphatic hydroxyl groups is 1. The monoisotopic (exact) mass is 345 g/mol. The van der Waals surface area contributed by atoms with Gasteiger partial charge in [-0.25, -0.2) is 8.42 Å². The minimum Gasteiger partial charge on any atom is -0.391 e. The molecule has 1 aromatic heterocycles. The van der Waals surface area contributed by atoms with E-state index >= 15 is 0 Å². The summed E-state index contributed by atoms with van der Waals surface area (Å²) in [6.45, 7) is 7.13. The quantitative estimate of drug-likeness (QED) is 0.832. The lowest BCUT2D eigenvalue weighted by Crippen LogP contribution is -2.44. The van der Waals surface area contributed by atoms with Crippen LogP contribution in [0.25, 0.3) is 0 Å². The molecule has 0 saturated heterocycles. The Bertz CT molecular complexity index is 566. The van der Waals surface area contributed by atoms with Crippen LogP contribution in [-0.2, 0) is 9.84 Å². The molecule has 0 aliphatic heterocycles. The lowest BCUT2D eigenvalue weighted by atomic mass is 9.70. The molecule has 3 unspecified atom stereocenters. The second-order valence-corrected chi connectivity index (χ2v) is 10.6. The third kappa shape index (κ3) is 5.05.